The molecule has 1 heterocycles. The van der Waals surface area contributed by atoms with Crippen LogP contribution >= 0.6 is 27.3 Å². The van der Waals surface area contributed by atoms with Crippen LogP contribution in [0, 0.1) is 0 Å². The van der Waals surface area contributed by atoms with E-state index in [1.54, 1.807) is 18.4 Å². The third-order valence-corrected chi connectivity index (χ3v) is 4.91. The van der Waals surface area contributed by atoms with E-state index >= 15 is 0 Å². The van der Waals surface area contributed by atoms with Gasteiger partial charge in [-0.05, 0) is 40.5 Å². The van der Waals surface area contributed by atoms with Crippen molar-refractivity contribution in [3.8, 4) is 5.75 Å². The van der Waals surface area contributed by atoms with Crippen LogP contribution < -0.4 is 10.1 Å². The molecular formula is C15H18BrNO2S. The van der Waals surface area contributed by atoms with Gasteiger partial charge in [0.15, 0.2) is 0 Å². The van der Waals surface area contributed by atoms with Crippen LogP contribution in [0.5, 0.6) is 5.75 Å². The lowest BCUT2D eigenvalue weighted by molar-refractivity contribution is 0.145. The second-order valence-electron chi connectivity index (χ2n) is 4.23. The van der Waals surface area contributed by atoms with E-state index in [4.69, 9.17) is 9.47 Å². The molecule has 20 heavy (non-hydrogen) atoms. The van der Waals surface area contributed by atoms with Crippen LogP contribution in [0.15, 0.2) is 40.2 Å². The van der Waals surface area contributed by atoms with Crippen molar-refractivity contribution in [3.63, 3.8) is 0 Å². The van der Waals surface area contributed by atoms with Crippen molar-refractivity contribution in [2.24, 2.45) is 0 Å². The molecule has 0 radical (unpaired) electrons. The van der Waals surface area contributed by atoms with E-state index in [1.165, 1.54) is 4.88 Å². The summed E-state index contributed by atoms with van der Waals surface area (Å²) in [5, 5.41) is 5.44. The van der Waals surface area contributed by atoms with E-state index in [-0.39, 0.29) is 6.04 Å². The number of nitrogens with one attached hydrogen (secondary N) is 1. The van der Waals surface area contributed by atoms with Crippen molar-refractivity contribution in [3.05, 3.63) is 50.6 Å². The highest BCUT2D eigenvalue weighted by molar-refractivity contribution is 9.10. The molecule has 1 aromatic carbocycles. The molecule has 2 rings (SSSR count). The molecule has 1 unspecified atom stereocenters. The Hall–Kier alpha value is -0.880. The molecule has 0 spiro atoms. The summed E-state index contributed by atoms with van der Waals surface area (Å²) >= 11 is 5.33. The molecule has 1 N–H and O–H groups in total. The van der Waals surface area contributed by atoms with Gasteiger partial charge in [0.1, 0.15) is 12.4 Å². The summed E-state index contributed by atoms with van der Waals surface area (Å²) in [6.07, 6.45) is 0. The Balaban J connectivity index is 2.28. The lowest BCUT2D eigenvalue weighted by Crippen LogP contribution is -2.18. The molecule has 0 aliphatic carbocycles. The maximum atomic E-state index is 5.82. The molecule has 0 fully saturated rings. The number of methoxy groups -OCH3 is 1. The SMILES string of the molecule is CNC(c1ccccc1OCCOC)c1sccc1Br. The molecule has 1 aromatic heterocycles. The number of hydrogen-bond acceptors (Lipinski definition) is 4. The molecule has 0 saturated heterocycles. The zero-order valence-corrected chi connectivity index (χ0v) is 14.0. The van der Waals surface area contributed by atoms with E-state index in [0.717, 1.165) is 15.8 Å². The van der Waals surface area contributed by atoms with Crippen molar-refractivity contribution in [2.75, 3.05) is 27.4 Å². The normalized spacial score (nSPS) is 12.3. The highest BCUT2D eigenvalue weighted by Gasteiger charge is 2.19. The maximum Gasteiger partial charge on any atom is 0.124 e. The summed E-state index contributed by atoms with van der Waals surface area (Å²) in [6, 6.07) is 10.3. The molecular weight excluding hydrogens is 338 g/mol. The van der Waals surface area contributed by atoms with Gasteiger partial charge in [-0.15, -0.1) is 11.3 Å². The number of benzene rings is 1. The van der Waals surface area contributed by atoms with Crippen molar-refractivity contribution >= 4 is 27.3 Å². The Morgan fingerprint density at radius 3 is 2.70 bits per heavy atom. The minimum atomic E-state index is 0.114. The average molecular weight is 356 g/mol. The van der Waals surface area contributed by atoms with Crippen molar-refractivity contribution in [1.29, 1.82) is 0 Å². The van der Waals surface area contributed by atoms with Crippen molar-refractivity contribution in [1.82, 2.24) is 5.32 Å². The zero-order valence-electron chi connectivity index (χ0n) is 11.6. The number of thiophene rings is 1. The lowest BCUT2D eigenvalue weighted by atomic mass is 10.0. The average Bonchev–Trinajstić information content (AvgIpc) is 2.88. The van der Waals surface area contributed by atoms with Gasteiger partial charge in [0.05, 0.1) is 12.6 Å². The summed E-state index contributed by atoms with van der Waals surface area (Å²) in [5.41, 5.74) is 1.13. The first-order valence-electron chi connectivity index (χ1n) is 6.38. The van der Waals surface area contributed by atoms with Crippen LogP contribution in [-0.4, -0.2) is 27.4 Å². The van der Waals surface area contributed by atoms with Crippen LogP contribution in [-0.2, 0) is 4.74 Å². The molecule has 0 aliphatic heterocycles. The monoisotopic (exact) mass is 355 g/mol. The molecule has 1 atom stereocenters. The van der Waals surface area contributed by atoms with E-state index in [0.29, 0.717) is 13.2 Å². The second kappa shape index (κ2) is 7.78. The van der Waals surface area contributed by atoms with Crippen LogP contribution in [0.1, 0.15) is 16.5 Å². The number of rotatable bonds is 7. The lowest BCUT2D eigenvalue weighted by Gasteiger charge is -2.19. The van der Waals surface area contributed by atoms with Gasteiger partial charge in [-0.2, -0.15) is 0 Å². The molecule has 108 valence electrons. The molecule has 3 nitrogen and oxygen atoms in total. The smallest absolute Gasteiger partial charge is 0.124 e. The van der Waals surface area contributed by atoms with Gasteiger partial charge in [-0.25, -0.2) is 0 Å². The summed E-state index contributed by atoms with van der Waals surface area (Å²) in [7, 11) is 3.64. The predicted octanol–water partition coefficient (Wildman–Crippen LogP) is 3.84. The molecule has 0 saturated carbocycles. The summed E-state index contributed by atoms with van der Waals surface area (Å²) in [5.74, 6) is 0.893. The summed E-state index contributed by atoms with van der Waals surface area (Å²) < 4.78 is 12.0. The molecule has 0 amide bonds. The Morgan fingerprint density at radius 2 is 2.05 bits per heavy atom. The van der Waals surface area contributed by atoms with Crippen molar-refractivity contribution < 1.29 is 9.47 Å². The van der Waals surface area contributed by atoms with Gasteiger partial charge in [0, 0.05) is 22.0 Å². The fourth-order valence-corrected chi connectivity index (χ4v) is 3.75. The van der Waals surface area contributed by atoms with Gasteiger partial charge >= 0.3 is 0 Å². The third-order valence-electron chi connectivity index (χ3n) is 2.97. The van der Waals surface area contributed by atoms with E-state index < -0.39 is 0 Å². The Bertz CT molecular complexity index is 544. The quantitative estimate of drug-likeness (QED) is 0.765. The molecule has 0 aliphatic rings. The Labute approximate surface area is 132 Å². The van der Waals surface area contributed by atoms with Crippen molar-refractivity contribution in [2.45, 2.75) is 6.04 Å². The fourth-order valence-electron chi connectivity index (χ4n) is 2.02. The van der Waals surface area contributed by atoms with Crippen LogP contribution in [0.2, 0.25) is 0 Å². The number of hydrogen-bond donors (Lipinski definition) is 1. The number of para-hydroxylation sites is 1. The molecule has 5 heteroatoms. The minimum Gasteiger partial charge on any atom is -0.491 e. The molecule has 0 bridgehead atoms. The molecule has 2 aromatic rings. The summed E-state index contributed by atoms with van der Waals surface area (Å²) in [6.45, 7) is 1.14. The number of ether oxygens (including phenoxy) is 2. The number of halogens is 1. The fraction of sp³-hybridized carbons (Fsp3) is 0.333. The van der Waals surface area contributed by atoms with Crippen LogP contribution in [0.4, 0.5) is 0 Å². The van der Waals surface area contributed by atoms with Gasteiger partial charge in [0.25, 0.3) is 0 Å². The predicted molar refractivity (Wildman–Crippen MR) is 86.7 cm³/mol. The standard InChI is InChI=1S/C15H18BrNO2S/c1-17-14(15-12(16)7-10-20-15)11-5-3-4-6-13(11)19-9-8-18-2/h3-7,10,14,17H,8-9H2,1-2H3. The van der Waals surface area contributed by atoms with E-state index in [9.17, 15) is 0 Å². The van der Waals surface area contributed by atoms with Gasteiger partial charge in [-0.3, -0.25) is 0 Å². The maximum absolute atomic E-state index is 5.82. The highest BCUT2D eigenvalue weighted by Crippen LogP contribution is 2.36. The topological polar surface area (TPSA) is 30.5 Å². The zero-order chi connectivity index (χ0) is 14.4. The van der Waals surface area contributed by atoms with Gasteiger partial charge in [-0.1, -0.05) is 18.2 Å². The van der Waals surface area contributed by atoms with Gasteiger partial charge < -0.3 is 14.8 Å². The van der Waals surface area contributed by atoms with E-state index in [1.807, 2.05) is 25.2 Å². The van der Waals surface area contributed by atoms with Crippen LogP contribution in [0.3, 0.4) is 0 Å². The minimum absolute atomic E-state index is 0.114. The van der Waals surface area contributed by atoms with E-state index in [2.05, 4.69) is 38.8 Å². The first-order chi connectivity index (χ1) is 9.77. The highest BCUT2D eigenvalue weighted by atomic mass is 79.9. The first kappa shape index (κ1) is 15.5. The second-order valence-corrected chi connectivity index (χ2v) is 6.04. The Morgan fingerprint density at radius 1 is 1.25 bits per heavy atom. The van der Waals surface area contributed by atoms with Gasteiger partial charge in [0.2, 0.25) is 0 Å². The van der Waals surface area contributed by atoms with Crippen LogP contribution in [0.25, 0.3) is 0 Å². The third kappa shape index (κ3) is 3.61. The largest absolute Gasteiger partial charge is 0.491 e. The first-order valence-corrected chi connectivity index (χ1v) is 8.06. The summed E-state index contributed by atoms with van der Waals surface area (Å²) in [4.78, 5) is 1.25. The Kier molecular flexibility index (Phi) is 6.04.